The molecule has 0 atom stereocenters. The number of hydrogen-bond acceptors (Lipinski definition) is 4. The molecule has 1 aliphatic carbocycles. The van der Waals surface area contributed by atoms with Gasteiger partial charge in [0.1, 0.15) is 11.6 Å². The Labute approximate surface area is 139 Å². The van der Waals surface area contributed by atoms with E-state index in [1.165, 1.54) is 30.6 Å². The molecule has 2 N–H and O–H groups in total. The average molecular weight is 330 g/mol. The number of phenolic OH excluding ortho intramolecular Hbond substituents is 1. The normalized spacial score (nSPS) is 13.5. The molecule has 6 heteroatoms. The summed E-state index contributed by atoms with van der Waals surface area (Å²) in [5, 5.41) is 19.0. The van der Waals surface area contributed by atoms with Crippen LogP contribution in [0.3, 0.4) is 0 Å². The zero-order valence-electron chi connectivity index (χ0n) is 13.6. The molecule has 0 spiro atoms. The number of phenols is 1. The summed E-state index contributed by atoms with van der Waals surface area (Å²) >= 11 is 0. The Kier molecular flexibility index (Phi) is 5.63. The standard InChI is InChI=1S/C16H13FN2O3.C2H6/c17-9-4-5-15(20)12(6-9)10-2-1-3-11(10)13-7-18-8-14(19-13)16(21)22;1-2/h4-8,20H,1-3H2,(H,21,22);1-2H3. The lowest BCUT2D eigenvalue weighted by molar-refractivity contribution is 0.0690. The first-order chi connectivity index (χ1) is 11.6. The van der Waals surface area contributed by atoms with Crippen LogP contribution in [0.25, 0.3) is 11.1 Å². The number of aromatic carboxylic acids is 1. The fourth-order valence-electron chi connectivity index (χ4n) is 2.69. The highest BCUT2D eigenvalue weighted by atomic mass is 19.1. The molecule has 1 aromatic heterocycles. The first-order valence-electron chi connectivity index (χ1n) is 7.83. The highest BCUT2D eigenvalue weighted by molar-refractivity contribution is 5.94. The van der Waals surface area contributed by atoms with Crippen molar-refractivity contribution in [3.63, 3.8) is 0 Å². The van der Waals surface area contributed by atoms with Crippen LogP contribution in [-0.2, 0) is 0 Å². The highest BCUT2D eigenvalue weighted by Gasteiger charge is 2.22. The molecule has 2 aromatic rings. The van der Waals surface area contributed by atoms with E-state index in [1.54, 1.807) is 0 Å². The molecule has 0 bridgehead atoms. The molecule has 1 aromatic carbocycles. The maximum Gasteiger partial charge on any atom is 0.356 e. The molecule has 0 aliphatic heterocycles. The number of carbonyl (C=O) groups is 1. The molecule has 0 fully saturated rings. The van der Waals surface area contributed by atoms with E-state index >= 15 is 0 Å². The third-order valence-electron chi connectivity index (χ3n) is 3.66. The maximum atomic E-state index is 13.5. The van der Waals surface area contributed by atoms with Crippen LogP contribution in [-0.4, -0.2) is 26.2 Å². The van der Waals surface area contributed by atoms with Crippen LogP contribution >= 0.6 is 0 Å². The molecule has 5 nitrogen and oxygen atoms in total. The zero-order chi connectivity index (χ0) is 17.7. The van der Waals surface area contributed by atoms with E-state index in [4.69, 9.17) is 5.11 Å². The van der Waals surface area contributed by atoms with Gasteiger partial charge in [0.15, 0.2) is 5.69 Å². The van der Waals surface area contributed by atoms with Crippen LogP contribution in [0.1, 0.15) is 54.9 Å². The van der Waals surface area contributed by atoms with Crippen LogP contribution in [0.5, 0.6) is 5.75 Å². The third kappa shape index (κ3) is 3.59. The Balaban J connectivity index is 0.00000100. The van der Waals surface area contributed by atoms with Gasteiger partial charge in [0.2, 0.25) is 0 Å². The Morgan fingerprint density at radius 3 is 2.58 bits per heavy atom. The number of rotatable bonds is 3. The lowest BCUT2D eigenvalue weighted by Gasteiger charge is -2.10. The number of benzene rings is 1. The summed E-state index contributed by atoms with van der Waals surface area (Å²) in [6, 6.07) is 3.79. The van der Waals surface area contributed by atoms with Crippen LogP contribution in [0, 0.1) is 5.82 Å². The van der Waals surface area contributed by atoms with E-state index in [0.29, 0.717) is 24.1 Å². The van der Waals surface area contributed by atoms with Crippen molar-refractivity contribution < 1.29 is 19.4 Å². The van der Waals surface area contributed by atoms with Gasteiger partial charge in [-0.3, -0.25) is 4.98 Å². The number of halogens is 1. The summed E-state index contributed by atoms with van der Waals surface area (Å²) in [5.41, 5.74) is 2.33. The molecular weight excluding hydrogens is 311 g/mol. The molecule has 0 saturated carbocycles. The second-order valence-electron chi connectivity index (χ2n) is 5.07. The van der Waals surface area contributed by atoms with Crippen molar-refractivity contribution in [2.24, 2.45) is 0 Å². The molecule has 3 rings (SSSR count). The Morgan fingerprint density at radius 2 is 1.88 bits per heavy atom. The summed E-state index contributed by atoms with van der Waals surface area (Å²) in [6.07, 6.45) is 4.86. The van der Waals surface area contributed by atoms with E-state index in [1.807, 2.05) is 13.8 Å². The number of hydrogen-bond donors (Lipinski definition) is 2. The van der Waals surface area contributed by atoms with Gasteiger partial charge < -0.3 is 10.2 Å². The van der Waals surface area contributed by atoms with Gasteiger partial charge in [0.25, 0.3) is 0 Å². The summed E-state index contributed by atoms with van der Waals surface area (Å²) in [5.74, 6) is -1.59. The summed E-state index contributed by atoms with van der Waals surface area (Å²) in [4.78, 5) is 19.0. The number of allylic oxidation sites excluding steroid dienone is 2. The maximum absolute atomic E-state index is 13.5. The van der Waals surface area contributed by atoms with Gasteiger partial charge in [0, 0.05) is 5.56 Å². The number of aromatic nitrogens is 2. The molecule has 126 valence electrons. The molecule has 0 amide bonds. The monoisotopic (exact) mass is 330 g/mol. The van der Waals surface area contributed by atoms with Gasteiger partial charge in [-0.2, -0.15) is 0 Å². The van der Waals surface area contributed by atoms with E-state index in [-0.39, 0.29) is 11.4 Å². The highest BCUT2D eigenvalue weighted by Crippen LogP contribution is 2.41. The van der Waals surface area contributed by atoms with Gasteiger partial charge in [-0.05, 0) is 48.6 Å². The second kappa shape index (κ2) is 7.68. The topological polar surface area (TPSA) is 83.3 Å². The van der Waals surface area contributed by atoms with E-state index in [2.05, 4.69) is 9.97 Å². The van der Waals surface area contributed by atoms with Crippen molar-refractivity contribution in [2.45, 2.75) is 33.1 Å². The summed E-state index contributed by atoms with van der Waals surface area (Å²) in [6.45, 7) is 4.00. The van der Waals surface area contributed by atoms with Crippen LogP contribution in [0.2, 0.25) is 0 Å². The van der Waals surface area contributed by atoms with E-state index < -0.39 is 11.8 Å². The van der Waals surface area contributed by atoms with Crippen molar-refractivity contribution in [2.75, 3.05) is 0 Å². The van der Waals surface area contributed by atoms with Gasteiger partial charge in [0.05, 0.1) is 18.1 Å². The minimum Gasteiger partial charge on any atom is -0.507 e. The second-order valence-corrected chi connectivity index (χ2v) is 5.07. The summed E-state index contributed by atoms with van der Waals surface area (Å²) < 4.78 is 13.5. The first kappa shape index (κ1) is 17.6. The molecule has 0 radical (unpaired) electrons. The Bertz CT molecular complexity index is 788. The van der Waals surface area contributed by atoms with Gasteiger partial charge in [-0.1, -0.05) is 13.8 Å². The lowest BCUT2D eigenvalue weighted by atomic mass is 9.99. The molecule has 1 aliphatic rings. The first-order valence-corrected chi connectivity index (χ1v) is 7.83. The predicted octanol–water partition coefficient (Wildman–Crippen LogP) is 4.14. The van der Waals surface area contributed by atoms with Crippen LogP contribution in [0.15, 0.2) is 30.6 Å². The third-order valence-corrected chi connectivity index (χ3v) is 3.66. The lowest BCUT2D eigenvalue weighted by Crippen LogP contribution is -2.03. The fraction of sp³-hybridized carbons (Fsp3) is 0.278. The summed E-state index contributed by atoms with van der Waals surface area (Å²) in [7, 11) is 0. The minimum absolute atomic E-state index is 0.00171. The van der Waals surface area contributed by atoms with Crippen molar-refractivity contribution in [1.29, 1.82) is 0 Å². The van der Waals surface area contributed by atoms with Gasteiger partial charge in [-0.25, -0.2) is 14.2 Å². The number of nitrogens with zero attached hydrogens (tertiary/aromatic N) is 2. The van der Waals surface area contributed by atoms with Crippen molar-refractivity contribution in [3.8, 4) is 5.75 Å². The SMILES string of the molecule is CC.O=C(O)c1cncc(C2=C(c3cc(F)ccc3O)CCC2)n1. The Morgan fingerprint density at radius 1 is 1.17 bits per heavy atom. The quantitative estimate of drug-likeness (QED) is 0.883. The molecular formula is C18H19FN2O3. The number of carboxylic acids is 1. The van der Waals surface area contributed by atoms with Crippen molar-refractivity contribution in [3.05, 3.63) is 53.4 Å². The van der Waals surface area contributed by atoms with E-state index in [9.17, 15) is 14.3 Å². The van der Waals surface area contributed by atoms with Gasteiger partial charge >= 0.3 is 5.97 Å². The molecule has 0 saturated heterocycles. The molecule has 24 heavy (non-hydrogen) atoms. The van der Waals surface area contributed by atoms with Gasteiger partial charge in [-0.15, -0.1) is 0 Å². The molecule has 1 heterocycles. The van der Waals surface area contributed by atoms with Crippen LogP contribution < -0.4 is 0 Å². The van der Waals surface area contributed by atoms with E-state index in [0.717, 1.165) is 17.6 Å². The number of aromatic hydroxyl groups is 1. The fourth-order valence-corrected chi connectivity index (χ4v) is 2.69. The average Bonchev–Trinajstić information content (AvgIpc) is 3.08. The Hall–Kier alpha value is -2.76. The van der Waals surface area contributed by atoms with Crippen LogP contribution in [0.4, 0.5) is 4.39 Å². The number of carboxylic acid groups (broad SMARTS) is 1. The molecule has 0 unspecified atom stereocenters. The predicted molar refractivity (Wildman–Crippen MR) is 89.1 cm³/mol. The minimum atomic E-state index is -1.15. The largest absolute Gasteiger partial charge is 0.507 e. The van der Waals surface area contributed by atoms with Crippen molar-refractivity contribution in [1.82, 2.24) is 9.97 Å². The smallest absolute Gasteiger partial charge is 0.356 e. The van der Waals surface area contributed by atoms with Crippen molar-refractivity contribution >= 4 is 17.1 Å². The zero-order valence-corrected chi connectivity index (χ0v) is 13.6.